The molecule has 0 aromatic heterocycles. The van der Waals surface area contributed by atoms with Gasteiger partial charge >= 0.3 is 0 Å². The summed E-state index contributed by atoms with van der Waals surface area (Å²) in [5, 5.41) is 0. The van der Waals surface area contributed by atoms with Crippen molar-refractivity contribution in [1.82, 2.24) is 0 Å². The molecule has 0 aromatic rings. The maximum Gasteiger partial charge on any atom is 0 e. The van der Waals surface area contributed by atoms with E-state index in [2.05, 4.69) is 13.8 Å². The molecule has 0 N–H and O–H groups in total. The number of rotatable bonds is 0. The Hall–Kier alpha value is 1.05. The molecular formula is C5H14U. The van der Waals surface area contributed by atoms with Crippen molar-refractivity contribution in [2.75, 3.05) is 0 Å². The van der Waals surface area contributed by atoms with Crippen molar-refractivity contribution in [2.24, 2.45) is 0 Å². The average molecular weight is 312 g/mol. The number of hydrogen-bond donors (Lipinski definition) is 0. The molecule has 0 radical (unpaired) electrons. The van der Waals surface area contributed by atoms with Gasteiger partial charge in [-0.15, -0.1) is 0 Å². The maximum atomic E-state index is 2.12. The average Bonchev–Trinajstić information content (AvgIpc) is 1.46. The molecule has 0 saturated heterocycles. The van der Waals surface area contributed by atoms with E-state index in [9.17, 15) is 0 Å². The zero-order valence-corrected chi connectivity index (χ0v) is 9.37. The van der Waals surface area contributed by atoms with Crippen LogP contribution >= 0.6 is 0 Å². The third-order valence-corrected chi connectivity index (χ3v) is 0. The van der Waals surface area contributed by atoms with Crippen molar-refractivity contribution in [2.45, 2.75) is 34.1 Å². The van der Waals surface area contributed by atoms with Gasteiger partial charge < -0.3 is 0 Å². The third-order valence-electron chi connectivity index (χ3n) is 0. The Labute approximate surface area is 65.1 Å². The molecule has 0 bridgehead atoms. The predicted molar refractivity (Wildman–Crippen MR) is 27.3 cm³/mol. The van der Waals surface area contributed by atoms with Gasteiger partial charge in [-0.2, -0.15) is 0 Å². The third kappa shape index (κ3) is 75.0. The van der Waals surface area contributed by atoms with Crippen molar-refractivity contribution in [3.05, 3.63) is 0 Å². The van der Waals surface area contributed by atoms with Gasteiger partial charge in [0.05, 0.1) is 0 Å². The molecular weight excluding hydrogens is 298 g/mol. The summed E-state index contributed by atoms with van der Waals surface area (Å²) in [4.78, 5) is 0. The first-order valence-electron chi connectivity index (χ1n) is 2.41. The van der Waals surface area contributed by atoms with E-state index in [0.717, 1.165) is 0 Å². The monoisotopic (exact) mass is 312 g/mol. The largest absolute Gasteiger partial charge is 0.0683 e. The normalized spacial score (nSPS) is 4.00. The molecule has 1 heteroatoms. The molecule has 0 heterocycles. The summed E-state index contributed by atoms with van der Waals surface area (Å²) in [6, 6.07) is 0. The molecule has 0 amide bonds. The zero-order chi connectivity index (χ0) is 4.71. The molecule has 0 aliphatic carbocycles. The van der Waals surface area contributed by atoms with E-state index >= 15 is 0 Å². The summed E-state index contributed by atoms with van der Waals surface area (Å²) >= 11 is 0. The van der Waals surface area contributed by atoms with E-state index in [4.69, 9.17) is 0 Å². The SMILES string of the molecule is CC.CCC.[U]. The molecule has 0 atom stereocenters. The van der Waals surface area contributed by atoms with Crippen LogP contribution in [-0.2, 0) is 0 Å². The van der Waals surface area contributed by atoms with Gasteiger partial charge in [-0.1, -0.05) is 34.1 Å². The van der Waals surface area contributed by atoms with Crippen molar-refractivity contribution in [3.8, 4) is 0 Å². The van der Waals surface area contributed by atoms with Crippen LogP contribution < -0.4 is 0 Å². The van der Waals surface area contributed by atoms with Crippen LogP contribution in [0.1, 0.15) is 34.1 Å². The Bertz CT molecular complexity index is 3.90. The Morgan fingerprint density at radius 1 is 1.00 bits per heavy atom. The van der Waals surface area contributed by atoms with Gasteiger partial charge in [0.15, 0.2) is 0 Å². The summed E-state index contributed by atoms with van der Waals surface area (Å²) in [7, 11) is 0. The van der Waals surface area contributed by atoms with Gasteiger partial charge in [-0.25, -0.2) is 0 Å². The minimum atomic E-state index is 0. The second-order valence-electron chi connectivity index (χ2n) is 0.707. The standard InChI is InChI=1S/C3H8.C2H6.U/c1-3-2;1-2;/h3H2,1-2H3;1-2H3;. The minimum absolute atomic E-state index is 0. The molecule has 0 spiro atoms. The Morgan fingerprint density at radius 3 is 1.00 bits per heavy atom. The summed E-state index contributed by atoms with van der Waals surface area (Å²) < 4.78 is 0. The molecule has 0 aliphatic rings. The first-order valence-corrected chi connectivity index (χ1v) is 2.41. The van der Waals surface area contributed by atoms with Crippen LogP contribution in [0.15, 0.2) is 0 Å². The van der Waals surface area contributed by atoms with Crippen molar-refractivity contribution < 1.29 is 31.1 Å². The molecule has 0 aromatic carbocycles. The Kier molecular flexibility index (Phi) is 96.2. The second kappa shape index (κ2) is 36.7. The predicted octanol–water partition coefficient (Wildman–Crippen LogP) is 2.44. The molecule has 0 fully saturated rings. The summed E-state index contributed by atoms with van der Waals surface area (Å²) in [6.45, 7) is 8.25. The van der Waals surface area contributed by atoms with Crippen molar-refractivity contribution >= 4 is 0 Å². The summed E-state index contributed by atoms with van der Waals surface area (Å²) in [5.74, 6) is 0. The number of hydrogen-bond acceptors (Lipinski definition) is 0. The first-order chi connectivity index (χ1) is 2.41. The minimum Gasteiger partial charge on any atom is -0.0683 e. The van der Waals surface area contributed by atoms with Crippen LogP contribution in [0.5, 0.6) is 0 Å². The fourth-order valence-corrected chi connectivity index (χ4v) is 0. The molecule has 0 rings (SSSR count). The van der Waals surface area contributed by atoms with Crippen molar-refractivity contribution in [3.63, 3.8) is 0 Å². The molecule has 0 nitrogen and oxygen atoms in total. The Balaban J connectivity index is -0.0000000275. The fraction of sp³-hybridized carbons (Fsp3) is 1.00. The van der Waals surface area contributed by atoms with E-state index in [1.165, 1.54) is 6.42 Å². The van der Waals surface area contributed by atoms with Gasteiger partial charge in [0.2, 0.25) is 0 Å². The van der Waals surface area contributed by atoms with E-state index in [1.54, 1.807) is 0 Å². The van der Waals surface area contributed by atoms with Crippen molar-refractivity contribution in [1.29, 1.82) is 0 Å². The van der Waals surface area contributed by atoms with Gasteiger partial charge in [0.1, 0.15) is 0 Å². The van der Waals surface area contributed by atoms with Crippen LogP contribution in [0, 0.1) is 31.1 Å². The van der Waals surface area contributed by atoms with Gasteiger partial charge in [-0.05, 0) is 0 Å². The smallest absolute Gasteiger partial charge is 0 e. The molecule has 0 unspecified atom stereocenters. The van der Waals surface area contributed by atoms with Crippen LogP contribution in [0.4, 0.5) is 0 Å². The molecule has 0 aliphatic heterocycles. The van der Waals surface area contributed by atoms with Crippen LogP contribution in [0.2, 0.25) is 0 Å². The second-order valence-corrected chi connectivity index (χ2v) is 0.707. The summed E-state index contributed by atoms with van der Waals surface area (Å²) in [5.41, 5.74) is 0. The maximum absolute atomic E-state index is 2.12. The van der Waals surface area contributed by atoms with Crippen LogP contribution in [0.25, 0.3) is 0 Å². The van der Waals surface area contributed by atoms with Crippen LogP contribution in [-0.4, -0.2) is 0 Å². The van der Waals surface area contributed by atoms with E-state index < -0.39 is 0 Å². The quantitative estimate of drug-likeness (QED) is 0.644. The van der Waals surface area contributed by atoms with Gasteiger partial charge in [0, 0.05) is 31.1 Å². The molecule has 6 heavy (non-hydrogen) atoms. The van der Waals surface area contributed by atoms with Gasteiger partial charge in [-0.3, -0.25) is 0 Å². The first kappa shape index (κ1) is 15.7. The Morgan fingerprint density at radius 2 is 1.00 bits per heavy atom. The van der Waals surface area contributed by atoms with E-state index in [1.807, 2.05) is 13.8 Å². The molecule has 38 valence electrons. The zero-order valence-electron chi connectivity index (χ0n) is 5.21. The summed E-state index contributed by atoms with van der Waals surface area (Å²) in [6.07, 6.45) is 1.25. The topological polar surface area (TPSA) is 0 Å². The van der Waals surface area contributed by atoms with E-state index in [-0.39, 0.29) is 31.1 Å². The molecule has 0 saturated carbocycles. The van der Waals surface area contributed by atoms with Gasteiger partial charge in [0.25, 0.3) is 0 Å². The van der Waals surface area contributed by atoms with Crippen LogP contribution in [0.3, 0.4) is 0 Å². The van der Waals surface area contributed by atoms with E-state index in [0.29, 0.717) is 0 Å². The fourth-order valence-electron chi connectivity index (χ4n) is 0.